The largest absolute Gasteiger partial charge is 0.364 e. The first-order valence-corrected chi connectivity index (χ1v) is 6.55. The number of nitro groups is 1. The van der Waals surface area contributed by atoms with Gasteiger partial charge in [-0.3, -0.25) is 10.1 Å². The number of pyridine rings is 1. The molecule has 0 radical (unpaired) electrons. The average molecular weight is 284 g/mol. The number of hydrogen-bond donors (Lipinski definition) is 1. The zero-order valence-electron chi connectivity index (χ0n) is 9.30. The molecule has 94 valence electrons. The molecule has 0 fully saturated rings. The zero-order valence-corrected chi connectivity index (χ0v) is 10.9. The van der Waals surface area contributed by atoms with Gasteiger partial charge in [0.25, 0.3) is 0 Å². The number of aromatic nitrogens is 1. The van der Waals surface area contributed by atoms with Gasteiger partial charge < -0.3 is 5.32 Å². The van der Waals surface area contributed by atoms with Crippen LogP contribution in [0.3, 0.4) is 0 Å². The number of nitrogens with one attached hydrogen (secondary N) is 1. The molecule has 0 saturated carbocycles. The van der Waals surface area contributed by atoms with Crippen LogP contribution in [-0.4, -0.2) is 16.5 Å². The predicted molar refractivity (Wildman–Crippen MR) is 72.4 cm³/mol. The molecule has 0 unspecified atom stereocenters. The molecule has 2 rings (SSSR count). The highest BCUT2D eigenvalue weighted by Gasteiger charge is 2.14. The van der Waals surface area contributed by atoms with Gasteiger partial charge in [-0.15, -0.1) is 0 Å². The van der Waals surface area contributed by atoms with Gasteiger partial charge in [-0.05, 0) is 34.9 Å². The molecule has 5 nitrogen and oxygen atoms in total. The van der Waals surface area contributed by atoms with Crippen molar-refractivity contribution in [3.63, 3.8) is 0 Å². The molecule has 0 aromatic carbocycles. The van der Waals surface area contributed by atoms with Crippen molar-refractivity contribution in [2.45, 2.75) is 6.42 Å². The minimum Gasteiger partial charge on any atom is -0.364 e. The molecular weight excluding hydrogens is 274 g/mol. The molecule has 2 heterocycles. The second kappa shape index (κ2) is 5.79. The van der Waals surface area contributed by atoms with Crippen LogP contribution in [0.4, 0.5) is 11.5 Å². The summed E-state index contributed by atoms with van der Waals surface area (Å²) in [4.78, 5) is 14.3. The maximum atomic E-state index is 10.8. The summed E-state index contributed by atoms with van der Waals surface area (Å²) >= 11 is 7.35. The molecule has 7 heteroatoms. The van der Waals surface area contributed by atoms with E-state index in [1.165, 1.54) is 17.7 Å². The summed E-state index contributed by atoms with van der Waals surface area (Å²) in [5.41, 5.74) is 1.13. The fourth-order valence-corrected chi connectivity index (χ4v) is 2.32. The Hall–Kier alpha value is -1.66. The third-order valence-electron chi connectivity index (χ3n) is 2.32. The van der Waals surface area contributed by atoms with Crippen LogP contribution < -0.4 is 5.32 Å². The Morgan fingerprint density at radius 2 is 2.28 bits per heavy atom. The van der Waals surface area contributed by atoms with E-state index in [2.05, 4.69) is 10.3 Å². The summed E-state index contributed by atoms with van der Waals surface area (Å²) in [6.07, 6.45) is 0.787. The van der Waals surface area contributed by atoms with E-state index in [-0.39, 0.29) is 16.7 Å². The molecule has 0 spiro atoms. The summed E-state index contributed by atoms with van der Waals surface area (Å²) in [5, 5.41) is 18.0. The van der Waals surface area contributed by atoms with Crippen LogP contribution in [0.15, 0.2) is 29.0 Å². The molecule has 0 saturated heterocycles. The predicted octanol–water partition coefficient (Wildman–Crippen LogP) is 3.36. The summed E-state index contributed by atoms with van der Waals surface area (Å²) in [6.45, 7) is 0.574. The zero-order chi connectivity index (χ0) is 13.0. The van der Waals surface area contributed by atoms with Crippen LogP contribution in [0, 0.1) is 10.1 Å². The molecule has 1 N–H and O–H groups in total. The molecule has 0 aliphatic carbocycles. The van der Waals surface area contributed by atoms with Crippen LogP contribution in [0.2, 0.25) is 5.15 Å². The summed E-state index contributed by atoms with van der Waals surface area (Å²) < 4.78 is 0. The number of hydrogen-bond acceptors (Lipinski definition) is 5. The maximum Gasteiger partial charge on any atom is 0.311 e. The second-order valence-electron chi connectivity index (χ2n) is 3.57. The minimum absolute atomic E-state index is 0.0651. The lowest BCUT2D eigenvalue weighted by Crippen LogP contribution is -2.08. The molecule has 0 aliphatic rings. The van der Waals surface area contributed by atoms with Gasteiger partial charge in [0.05, 0.1) is 4.92 Å². The number of nitrogens with zero attached hydrogens (tertiary/aromatic N) is 2. The first-order chi connectivity index (χ1) is 8.66. The van der Waals surface area contributed by atoms with Gasteiger partial charge in [-0.2, -0.15) is 11.3 Å². The highest BCUT2D eigenvalue weighted by molar-refractivity contribution is 7.07. The van der Waals surface area contributed by atoms with E-state index < -0.39 is 4.92 Å². The maximum absolute atomic E-state index is 10.8. The van der Waals surface area contributed by atoms with Crippen LogP contribution in [0.25, 0.3) is 0 Å². The third-order valence-corrected chi connectivity index (χ3v) is 3.27. The Morgan fingerprint density at radius 1 is 1.44 bits per heavy atom. The Bertz CT molecular complexity index is 545. The average Bonchev–Trinajstić information content (AvgIpc) is 2.82. The number of rotatable bonds is 5. The lowest BCUT2D eigenvalue weighted by Gasteiger charge is -2.05. The van der Waals surface area contributed by atoms with Gasteiger partial charge in [0, 0.05) is 12.6 Å². The van der Waals surface area contributed by atoms with Gasteiger partial charge in [0.2, 0.25) is 5.82 Å². The van der Waals surface area contributed by atoms with Gasteiger partial charge in [-0.1, -0.05) is 11.6 Å². The fourth-order valence-electron chi connectivity index (χ4n) is 1.47. The van der Waals surface area contributed by atoms with Crippen LogP contribution in [0.1, 0.15) is 5.56 Å². The van der Waals surface area contributed by atoms with Crippen molar-refractivity contribution >= 4 is 34.4 Å². The lowest BCUT2D eigenvalue weighted by molar-refractivity contribution is -0.384. The van der Waals surface area contributed by atoms with Crippen molar-refractivity contribution in [1.82, 2.24) is 4.98 Å². The number of halogens is 1. The smallest absolute Gasteiger partial charge is 0.311 e. The number of thiophene rings is 1. The molecule has 0 bridgehead atoms. The summed E-state index contributed by atoms with van der Waals surface area (Å²) in [6, 6.07) is 4.78. The Balaban J connectivity index is 2.03. The highest BCUT2D eigenvalue weighted by atomic mass is 35.5. The van der Waals surface area contributed by atoms with E-state index in [4.69, 9.17) is 11.6 Å². The Morgan fingerprint density at radius 3 is 2.94 bits per heavy atom. The van der Waals surface area contributed by atoms with Crippen molar-refractivity contribution in [2.24, 2.45) is 0 Å². The molecule has 0 amide bonds. The van der Waals surface area contributed by atoms with Gasteiger partial charge >= 0.3 is 5.69 Å². The Labute approximate surface area is 113 Å². The first kappa shape index (κ1) is 12.8. The fraction of sp³-hybridized carbons (Fsp3) is 0.182. The van der Waals surface area contributed by atoms with Crippen molar-refractivity contribution in [1.29, 1.82) is 0 Å². The second-order valence-corrected chi connectivity index (χ2v) is 4.73. The summed E-state index contributed by atoms with van der Waals surface area (Å²) in [7, 11) is 0. The van der Waals surface area contributed by atoms with E-state index >= 15 is 0 Å². The van der Waals surface area contributed by atoms with Crippen molar-refractivity contribution in [3.05, 3.63) is 49.8 Å². The topological polar surface area (TPSA) is 68.1 Å². The standard InChI is InChI=1S/C11H10ClN3O2S/c12-10-2-1-9(15(16)17)11(14-10)13-5-3-8-4-6-18-7-8/h1-2,4,6-7H,3,5H2,(H,13,14). The normalized spacial score (nSPS) is 10.3. The van der Waals surface area contributed by atoms with Crippen LogP contribution in [0.5, 0.6) is 0 Å². The van der Waals surface area contributed by atoms with Crippen LogP contribution >= 0.6 is 22.9 Å². The van der Waals surface area contributed by atoms with Gasteiger partial charge in [-0.25, -0.2) is 4.98 Å². The van der Waals surface area contributed by atoms with Crippen LogP contribution in [-0.2, 0) is 6.42 Å². The molecule has 0 aliphatic heterocycles. The minimum atomic E-state index is -0.476. The lowest BCUT2D eigenvalue weighted by atomic mass is 10.2. The highest BCUT2D eigenvalue weighted by Crippen LogP contribution is 2.23. The van der Waals surface area contributed by atoms with E-state index in [1.807, 2.05) is 16.8 Å². The van der Waals surface area contributed by atoms with E-state index in [0.29, 0.717) is 6.54 Å². The Kier molecular flexibility index (Phi) is 4.11. The van der Waals surface area contributed by atoms with E-state index in [0.717, 1.165) is 6.42 Å². The number of anilines is 1. The SMILES string of the molecule is O=[N+]([O-])c1ccc(Cl)nc1NCCc1ccsc1. The van der Waals surface area contributed by atoms with E-state index in [1.54, 1.807) is 11.3 Å². The third kappa shape index (κ3) is 3.18. The van der Waals surface area contributed by atoms with Crippen molar-refractivity contribution < 1.29 is 4.92 Å². The molecule has 2 aromatic rings. The monoisotopic (exact) mass is 283 g/mol. The summed E-state index contributed by atoms with van der Waals surface area (Å²) in [5.74, 6) is 0.211. The molecule has 2 aromatic heterocycles. The quantitative estimate of drug-likeness (QED) is 0.519. The molecule has 0 atom stereocenters. The van der Waals surface area contributed by atoms with Gasteiger partial charge in [0.15, 0.2) is 0 Å². The first-order valence-electron chi connectivity index (χ1n) is 5.22. The van der Waals surface area contributed by atoms with E-state index in [9.17, 15) is 10.1 Å². The van der Waals surface area contributed by atoms with Gasteiger partial charge in [0.1, 0.15) is 5.15 Å². The van der Waals surface area contributed by atoms with Crippen molar-refractivity contribution in [3.8, 4) is 0 Å². The molecule has 18 heavy (non-hydrogen) atoms. The van der Waals surface area contributed by atoms with Crippen molar-refractivity contribution in [2.75, 3.05) is 11.9 Å². The molecular formula is C11H10ClN3O2S.